The molecule has 0 saturated carbocycles. The number of rotatable bonds is 4. The van der Waals surface area contributed by atoms with Crippen molar-refractivity contribution in [2.24, 2.45) is 5.92 Å². The molecule has 2 aliphatic heterocycles. The van der Waals surface area contributed by atoms with E-state index < -0.39 is 0 Å². The highest BCUT2D eigenvalue weighted by atomic mass is 16.2. The number of aromatic nitrogens is 3. The van der Waals surface area contributed by atoms with Gasteiger partial charge in [0.1, 0.15) is 5.56 Å². The highest BCUT2D eigenvalue weighted by Crippen LogP contribution is 2.31. The van der Waals surface area contributed by atoms with Crippen LogP contribution in [0.3, 0.4) is 0 Å². The minimum Gasteiger partial charge on any atom is -0.350 e. The van der Waals surface area contributed by atoms with Crippen molar-refractivity contribution in [3.8, 4) is 0 Å². The summed E-state index contributed by atoms with van der Waals surface area (Å²) in [6.45, 7) is 7.52. The van der Waals surface area contributed by atoms with Gasteiger partial charge in [0.2, 0.25) is 0 Å². The van der Waals surface area contributed by atoms with Crippen LogP contribution in [0.25, 0.3) is 0 Å². The number of pyridine rings is 1. The van der Waals surface area contributed by atoms with E-state index in [2.05, 4.69) is 15.7 Å². The lowest BCUT2D eigenvalue weighted by atomic mass is 9.84. The molecule has 26 heavy (non-hydrogen) atoms. The van der Waals surface area contributed by atoms with Gasteiger partial charge in [0.15, 0.2) is 0 Å². The molecule has 2 N–H and O–H groups in total. The molecule has 2 aromatic rings. The quantitative estimate of drug-likeness (QED) is 0.850. The Bertz CT molecular complexity index is 898. The summed E-state index contributed by atoms with van der Waals surface area (Å²) >= 11 is 0. The van der Waals surface area contributed by atoms with Crippen molar-refractivity contribution in [2.45, 2.75) is 39.3 Å². The molecule has 4 heterocycles. The zero-order valence-electron chi connectivity index (χ0n) is 15.3. The fraction of sp³-hybridized carbons (Fsp3) is 0.526. The van der Waals surface area contributed by atoms with Crippen molar-refractivity contribution in [2.75, 3.05) is 19.6 Å². The summed E-state index contributed by atoms with van der Waals surface area (Å²) in [6, 6.07) is 5.64. The largest absolute Gasteiger partial charge is 0.350 e. The maximum Gasteiger partial charge on any atom is 0.263 e. The predicted molar refractivity (Wildman–Crippen MR) is 98.5 cm³/mol. The van der Waals surface area contributed by atoms with Crippen LogP contribution >= 0.6 is 0 Å². The summed E-state index contributed by atoms with van der Waals surface area (Å²) < 4.78 is 3.68. The van der Waals surface area contributed by atoms with Gasteiger partial charge in [-0.25, -0.2) is 0 Å². The number of fused-ring (bicyclic) bond motifs is 4. The first kappa shape index (κ1) is 17.0. The van der Waals surface area contributed by atoms with Gasteiger partial charge in [0, 0.05) is 36.9 Å². The molecule has 138 valence electrons. The maximum absolute atomic E-state index is 12.8. The van der Waals surface area contributed by atoms with Gasteiger partial charge in [-0.2, -0.15) is 5.10 Å². The average molecular weight is 355 g/mol. The highest BCUT2D eigenvalue weighted by molar-refractivity contribution is 5.93. The van der Waals surface area contributed by atoms with E-state index in [0.717, 1.165) is 36.6 Å². The van der Waals surface area contributed by atoms with Crippen molar-refractivity contribution >= 4 is 5.91 Å². The zero-order chi connectivity index (χ0) is 18.3. The number of amides is 1. The molecule has 7 heteroatoms. The minimum absolute atomic E-state index is 0.164. The molecule has 0 unspecified atom stereocenters. The van der Waals surface area contributed by atoms with E-state index >= 15 is 0 Å². The molecule has 2 bridgehead atoms. The summed E-state index contributed by atoms with van der Waals surface area (Å²) in [5, 5.41) is 10.7. The molecule has 1 saturated heterocycles. The molecule has 1 fully saturated rings. The predicted octanol–water partition coefficient (Wildman–Crippen LogP) is 0.798. The standard InChI is InChI=1S/C19H25N5O2/c1-12-7-13(2)24(22-12)6-5-21-18(25)16-3-4-17-15-8-14(9-20-10-15)11-23(17)19(16)26/h3-4,7,14-15,20H,5-6,8-11H2,1-2H3,(H,21,25)/t14-,15+/m0/s1. The number of carbonyl (C=O) groups excluding carboxylic acids is 1. The lowest BCUT2D eigenvalue weighted by Gasteiger charge is -2.37. The third-order valence-corrected chi connectivity index (χ3v) is 5.47. The van der Waals surface area contributed by atoms with Crippen molar-refractivity contribution in [3.05, 3.63) is 51.2 Å². The Hall–Kier alpha value is -2.41. The third kappa shape index (κ3) is 3.07. The summed E-state index contributed by atoms with van der Waals surface area (Å²) in [6.07, 6.45) is 1.13. The first-order valence-electron chi connectivity index (χ1n) is 9.26. The van der Waals surface area contributed by atoms with Crippen molar-refractivity contribution in [1.82, 2.24) is 25.0 Å². The van der Waals surface area contributed by atoms with Crippen molar-refractivity contribution in [1.29, 1.82) is 0 Å². The fourth-order valence-electron chi connectivity index (χ4n) is 4.24. The van der Waals surface area contributed by atoms with E-state index in [4.69, 9.17) is 0 Å². The molecule has 2 atom stereocenters. The van der Waals surface area contributed by atoms with Crippen LogP contribution in [0.2, 0.25) is 0 Å². The van der Waals surface area contributed by atoms with Crippen LogP contribution in [0.1, 0.15) is 39.8 Å². The second-order valence-corrected chi connectivity index (χ2v) is 7.45. The van der Waals surface area contributed by atoms with Crippen LogP contribution in [0.5, 0.6) is 0 Å². The van der Waals surface area contributed by atoms with Crippen LogP contribution < -0.4 is 16.2 Å². The number of carbonyl (C=O) groups is 1. The summed E-state index contributed by atoms with van der Waals surface area (Å²) in [7, 11) is 0. The molecule has 2 aromatic heterocycles. The van der Waals surface area contributed by atoms with E-state index in [1.54, 1.807) is 6.07 Å². The van der Waals surface area contributed by atoms with Gasteiger partial charge in [-0.15, -0.1) is 0 Å². The Labute approximate surface area is 152 Å². The van der Waals surface area contributed by atoms with E-state index in [1.807, 2.05) is 35.2 Å². The number of piperidine rings is 1. The smallest absolute Gasteiger partial charge is 0.263 e. The maximum atomic E-state index is 12.8. The van der Waals surface area contributed by atoms with E-state index in [1.165, 1.54) is 0 Å². The van der Waals surface area contributed by atoms with Crippen LogP contribution in [-0.4, -0.2) is 39.9 Å². The topological polar surface area (TPSA) is 81.0 Å². The minimum atomic E-state index is -0.305. The number of aryl methyl sites for hydroxylation is 2. The van der Waals surface area contributed by atoms with E-state index in [0.29, 0.717) is 31.5 Å². The van der Waals surface area contributed by atoms with Gasteiger partial charge in [-0.3, -0.25) is 14.3 Å². The Morgan fingerprint density at radius 2 is 2.19 bits per heavy atom. The van der Waals surface area contributed by atoms with Crippen LogP contribution in [0.4, 0.5) is 0 Å². The Kier molecular flexibility index (Phi) is 4.40. The average Bonchev–Trinajstić information content (AvgIpc) is 2.93. The van der Waals surface area contributed by atoms with Crippen LogP contribution in [-0.2, 0) is 13.1 Å². The van der Waals surface area contributed by atoms with Gasteiger partial charge in [-0.1, -0.05) is 0 Å². The molecule has 1 amide bonds. The number of nitrogens with one attached hydrogen (secondary N) is 2. The molecule has 4 rings (SSSR count). The first-order chi connectivity index (χ1) is 12.5. The molecule has 0 spiro atoms. The second-order valence-electron chi connectivity index (χ2n) is 7.45. The lowest BCUT2D eigenvalue weighted by molar-refractivity contribution is 0.0949. The molecular formula is C19H25N5O2. The van der Waals surface area contributed by atoms with E-state index in [9.17, 15) is 9.59 Å². The third-order valence-electron chi connectivity index (χ3n) is 5.47. The van der Waals surface area contributed by atoms with Crippen LogP contribution in [0, 0.1) is 19.8 Å². The summed E-state index contributed by atoms with van der Waals surface area (Å²) in [5.41, 5.74) is 3.14. The summed E-state index contributed by atoms with van der Waals surface area (Å²) in [4.78, 5) is 25.4. The van der Waals surface area contributed by atoms with Gasteiger partial charge < -0.3 is 15.2 Å². The van der Waals surface area contributed by atoms with Gasteiger partial charge >= 0.3 is 0 Å². The van der Waals surface area contributed by atoms with E-state index in [-0.39, 0.29) is 17.0 Å². The molecule has 7 nitrogen and oxygen atoms in total. The highest BCUT2D eigenvalue weighted by Gasteiger charge is 2.31. The monoisotopic (exact) mass is 355 g/mol. The Balaban J connectivity index is 1.47. The first-order valence-corrected chi connectivity index (χ1v) is 9.26. The second kappa shape index (κ2) is 6.72. The fourth-order valence-corrected chi connectivity index (χ4v) is 4.24. The number of nitrogens with zero attached hydrogens (tertiary/aromatic N) is 3. The van der Waals surface area contributed by atoms with Gasteiger partial charge in [0.25, 0.3) is 11.5 Å². The van der Waals surface area contributed by atoms with Gasteiger partial charge in [-0.05, 0) is 50.9 Å². The molecule has 2 aliphatic rings. The van der Waals surface area contributed by atoms with Crippen molar-refractivity contribution < 1.29 is 4.79 Å². The number of hydrogen-bond donors (Lipinski definition) is 2. The Morgan fingerprint density at radius 1 is 1.35 bits per heavy atom. The Morgan fingerprint density at radius 3 is 2.96 bits per heavy atom. The molecular weight excluding hydrogens is 330 g/mol. The van der Waals surface area contributed by atoms with Crippen molar-refractivity contribution in [3.63, 3.8) is 0 Å². The molecule has 0 aromatic carbocycles. The SMILES string of the molecule is Cc1cc(C)n(CCNC(=O)c2ccc3n(c2=O)C[C@@H]2CNC[C@H]3C2)n1. The normalized spacial score (nSPS) is 21.3. The zero-order valence-corrected chi connectivity index (χ0v) is 15.3. The lowest BCUT2D eigenvalue weighted by Crippen LogP contribution is -2.46. The van der Waals surface area contributed by atoms with Crippen LogP contribution in [0.15, 0.2) is 23.0 Å². The van der Waals surface area contributed by atoms with Gasteiger partial charge in [0.05, 0.1) is 12.2 Å². The molecule has 0 radical (unpaired) electrons. The molecule has 0 aliphatic carbocycles. The summed E-state index contributed by atoms with van der Waals surface area (Å²) in [5.74, 6) is 0.544. The number of hydrogen-bond acceptors (Lipinski definition) is 4.